The molecule has 0 aromatic heterocycles. The Hall–Kier alpha value is -0.120. The van der Waals surface area contributed by atoms with Gasteiger partial charge in [0.05, 0.1) is 6.61 Å². The van der Waals surface area contributed by atoms with Crippen molar-refractivity contribution in [3.8, 4) is 0 Å². The molecular weight excluding hydrogens is 152 g/mol. The summed E-state index contributed by atoms with van der Waals surface area (Å²) in [6.45, 7) is 4.40. The molecule has 0 aliphatic carbocycles. The van der Waals surface area contributed by atoms with Crippen molar-refractivity contribution in [2.45, 2.75) is 19.1 Å². The fraction of sp³-hybridized carbons (Fsp3) is 1.00. The summed E-state index contributed by atoms with van der Waals surface area (Å²) in [5.41, 5.74) is 0. The second kappa shape index (κ2) is 3.73. The molecule has 2 aliphatic heterocycles. The summed E-state index contributed by atoms with van der Waals surface area (Å²) in [6, 6.07) is 0. The van der Waals surface area contributed by atoms with Crippen LogP contribution >= 0.6 is 0 Å². The van der Waals surface area contributed by atoms with E-state index in [4.69, 9.17) is 4.74 Å². The lowest BCUT2D eigenvalue weighted by Gasteiger charge is -2.31. The molecule has 2 heterocycles. The molecule has 1 atom stereocenters. The van der Waals surface area contributed by atoms with Crippen molar-refractivity contribution in [2.75, 3.05) is 33.3 Å². The van der Waals surface area contributed by atoms with Crippen LogP contribution in [0.4, 0.5) is 0 Å². The van der Waals surface area contributed by atoms with E-state index in [1.165, 1.54) is 25.9 Å². The van der Waals surface area contributed by atoms with Gasteiger partial charge in [0.15, 0.2) is 0 Å². The third-order valence-corrected chi connectivity index (χ3v) is 2.94. The number of likely N-dealkylation sites (tertiary alicyclic amines) is 1. The van der Waals surface area contributed by atoms with E-state index in [1.54, 1.807) is 0 Å². The molecule has 0 amide bonds. The number of rotatable bonds is 1. The third kappa shape index (κ3) is 1.79. The van der Waals surface area contributed by atoms with Gasteiger partial charge in [-0.25, -0.2) is 0 Å². The first kappa shape index (κ1) is 8.48. The van der Waals surface area contributed by atoms with Crippen molar-refractivity contribution < 1.29 is 4.74 Å². The zero-order chi connectivity index (χ0) is 8.39. The SMILES string of the molecule is CN1CCC(C2NCCO2)CC1. The van der Waals surface area contributed by atoms with Crippen LogP contribution in [-0.2, 0) is 4.74 Å². The van der Waals surface area contributed by atoms with Crippen LogP contribution in [0.5, 0.6) is 0 Å². The molecular formula is C9H18N2O. The van der Waals surface area contributed by atoms with Crippen LogP contribution in [0.1, 0.15) is 12.8 Å². The second-order valence-corrected chi connectivity index (χ2v) is 3.89. The Morgan fingerprint density at radius 1 is 1.33 bits per heavy atom. The van der Waals surface area contributed by atoms with Gasteiger partial charge in [-0.2, -0.15) is 0 Å². The van der Waals surface area contributed by atoms with Gasteiger partial charge in [-0.15, -0.1) is 0 Å². The Bertz CT molecular complexity index is 137. The smallest absolute Gasteiger partial charge is 0.111 e. The average molecular weight is 170 g/mol. The molecule has 0 saturated carbocycles. The Kier molecular flexibility index (Phi) is 2.63. The molecule has 0 spiro atoms. The molecule has 0 radical (unpaired) electrons. The summed E-state index contributed by atoms with van der Waals surface area (Å²) in [5, 5.41) is 3.40. The van der Waals surface area contributed by atoms with Crippen molar-refractivity contribution in [2.24, 2.45) is 5.92 Å². The Labute approximate surface area is 74.1 Å². The predicted octanol–water partition coefficient (Wildman–Crippen LogP) is 0.274. The van der Waals surface area contributed by atoms with Crippen molar-refractivity contribution >= 4 is 0 Å². The minimum Gasteiger partial charge on any atom is -0.362 e. The minimum absolute atomic E-state index is 0.360. The minimum atomic E-state index is 0.360. The molecule has 0 bridgehead atoms. The maximum atomic E-state index is 5.60. The van der Waals surface area contributed by atoms with Crippen LogP contribution in [0.3, 0.4) is 0 Å². The molecule has 1 N–H and O–H groups in total. The largest absolute Gasteiger partial charge is 0.362 e. The van der Waals surface area contributed by atoms with Crippen LogP contribution in [0, 0.1) is 5.92 Å². The van der Waals surface area contributed by atoms with Gasteiger partial charge in [0.25, 0.3) is 0 Å². The van der Waals surface area contributed by atoms with E-state index in [1.807, 2.05) is 0 Å². The molecule has 70 valence electrons. The van der Waals surface area contributed by atoms with Gasteiger partial charge >= 0.3 is 0 Å². The topological polar surface area (TPSA) is 24.5 Å². The molecule has 1 unspecified atom stereocenters. The lowest BCUT2D eigenvalue weighted by Crippen LogP contribution is -2.39. The van der Waals surface area contributed by atoms with Crippen LogP contribution < -0.4 is 5.32 Å². The van der Waals surface area contributed by atoms with Crippen LogP contribution in [0.15, 0.2) is 0 Å². The normalized spacial score (nSPS) is 34.2. The first-order chi connectivity index (χ1) is 5.86. The van der Waals surface area contributed by atoms with E-state index in [2.05, 4.69) is 17.3 Å². The van der Waals surface area contributed by atoms with E-state index in [-0.39, 0.29) is 0 Å². The van der Waals surface area contributed by atoms with Gasteiger partial charge in [0, 0.05) is 12.5 Å². The summed E-state index contributed by atoms with van der Waals surface area (Å²) in [6.07, 6.45) is 2.93. The van der Waals surface area contributed by atoms with Crippen molar-refractivity contribution in [1.82, 2.24) is 10.2 Å². The number of piperidine rings is 1. The number of nitrogens with one attached hydrogen (secondary N) is 1. The Balaban J connectivity index is 1.80. The maximum Gasteiger partial charge on any atom is 0.111 e. The van der Waals surface area contributed by atoms with Gasteiger partial charge in [-0.05, 0) is 33.0 Å². The molecule has 3 heteroatoms. The summed E-state index contributed by atoms with van der Waals surface area (Å²) in [4.78, 5) is 2.39. The molecule has 12 heavy (non-hydrogen) atoms. The summed E-state index contributed by atoms with van der Waals surface area (Å²) in [5.74, 6) is 0.753. The molecule has 2 aliphatic rings. The lowest BCUT2D eigenvalue weighted by atomic mass is 9.95. The van der Waals surface area contributed by atoms with Crippen molar-refractivity contribution in [3.63, 3.8) is 0 Å². The van der Waals surface area contributed by atoms with Crippen molar-refractivity contribution in [1.29, 1.82) is 0 Å². The summed E-state index contributed by atoms with van der Waals surface area (Å²) in [7, 11) is 2.19. The van der Waals surface area contributed by atoms with Gasteiger partial charge in [-0.1, -0.05) is 0 Å². The highest BCUT2D eigenvalue weighted by Gasteiger charge is 2.27. The highest BCUT2D eigenvalue weighted by molar-refractivity contribution is 4.78. The first-order valence-corrected chi connectivity index (χ1v) is 4.90. The van der Waals surface area contributed by atoms with E-state index in [0.717, 1.165) is 19.1 Å². The zero-order valence-electron chi connectivity index (χ0n) is 7.75. The second-order valence-electron chi connectivity index (χ2n) is 3.89. The van der Waals surface area contributed by atoms with E-state index in [0.29, 0.717) is 6.23 Å². The average Bonchev–Trinajstić information content (AvgIpc) is 2.58. The lowest BCUT2D eigenvalue weighted by molar-refractivity contribution is 0.0259. The fourth-order valence-electron chi connectivity index (χ4n) is 2.08. The zero-order valence-corrected chi connectivity index (χ0v) is 7.75. The van der Waals surface area contributed by atoms with Gasteiger partial charge in [0.1, 0.15) is 6.23 Å². The predicted molar refractivity (Wildman–Crippen MR) is 48.0 cm³/mol. The number of nitrogens with zero attached hydrogens (tertiary/aromatic N) is 1. The van der Waals surface area contributed by atoms with Crippen LogP contribution in [0.2, 0.25) is 0 Å². The standard InChI is InChI=1S/C9H18N2O/c1-11-5-2-8(3-6-11)9-10-4-7-12-9/h8-10H,2-7H2,1H3. The highest BCUT2D eigenvalue weighted by atomic mass is 16.5. The van der Waals surface area contributed by atoms with Crippen molar-refractivity contribution in [3.05, 3.63) is 0 Å². The molecule has 2 rings (SSSR count). The number of hydrogen-bond acceptors (Lipinski definition) is 3. The van der Waals surface area contributed by atoms with E-state index >= 15 is 0 Å². The van der Waals surface area contributed by atoms with Gasteiger partial charge < -0.3 is 9.64 Å². The number of ether oxygens (including phenoxy) is 1. The first-order valence-electron chi connectivity index (χ1n) is 4.90. The molecule has 2 fully saturated rings. The van der Waals surface area contributed by atoms with Crippen LogP contribution in [0.25, 0.3) is 0 Å². The Morgan fingerprint density at radius 3 is 2.67 bits per heavy atom. The Morgan fingerprint density at radius 2 is 2.08 bits per heavy atom. The molecule has 0 aromatic rings. The summed E-state index contributed by atoms with van der Waals surface area (Å²) >= 11 is 0. The summed E-state index contributed by atoms with van der Waals surface area (Å²) < 4.78 is 5.60. The van der Waals surface area contributed by atoms with Gasteiger partial charge in [0.2, 0.25) is 0 Å². The van der Waals surface area contributed by atoms with E-state index < -0.39 is 0 Å². The molecule has 2 saturated heterocycles. The number of hydrogen-bond donors (Lipinski definition) is 1. The van der Waals surface area contributed by atoms with Crippen LogP contribution in [-0.4, -0.2) is 44.4 Å². The molecule has 0 aromatic carbocycles. The highest BCUT2D eigenvalue weighted by Crippen LogP contribution is 2.21. The van der Waals surface area contributed by atoms with E-state index in [9.17, 15) is 0 Å². The maximum absolute atomic E-state index is 5.60. The molecule has 3 nitrogen and oxygen atoms in total. The quantitative estimate of drug-likeness (QED) is 0.611. The fourth-order valence-corrected chi connectivity index (χ4v) is 2.08. The third-order valence-electron chi connectivity index (χ3n) is 2.94. The van der Waals surface area contributed by atoms with Gasteiger partial charge in [-0.3, -0.25) is 5.32 Å². The monoisotopic (exact) mass is 170 g/mol.